The van der Waals surface area contributed by atoms with Gasteiger partial charge in [0.15, 0.2) is 0 Å². The predicted octanol–water partition coefficient (Wildman–Crippen LogP) is 2.78. The van der Waals surface area contributed by atoms with E-state index >= 15 is 0 Å². The van der Waals surface area contributed by atoms with Gasteiger partial charge in [-0.05, 0) is 5.56 Å². The van der Waals surface area contributed by atoms with Crippen molar-refractivity contribution in [2.45, 2.75) is 6.04 Å². The van der Waals surface area contributed by atoms with E-state index in [-0.39, 0.29) is 0 Å². The summed E-state index contributed by atoms with van der Waals surface area (Å²) in [6, 6.07) is 7.29. The third-order valence-electron chi connectivity index (χ3n) is 2.70. The molecule has 2 N–H and O–H groups in total. The second-order valence-corrected chi connectivity index (χ2v) is 3.99. The van der Waals surface area contributed by atoms with Crippen LogP contribution in [0, 0.1) is 23.5 Å². The topological polar surface area (TPSA) is 45.1 Å². The number of anilines is 1. The van der Waals surface area contributed by atoms with Gasteiger partial charge in [0.1, 0.15) is 5.69 Å². The fraction of sp³-hybridized carbons (Fsp3) is 0.154. The summed E-state index contributed by atoms with van der Waals surface area (Å²) in [6.07, 6.45) is 0. The maximum absolute atomic E-state index is 13.5. The number of nitrogens with one attached hydrogen (secondary N) is 1. The number of aliphatic hydroxyl groups is 1. The molecule has 106 valence electrons. The minimum Gasteiger partial charge on any atom is -0.394 e. The first kappa shape index (κ1) is 14.3. The lowest BCUT2D eigenvalue weighted by atomic mass is 10.1. The minimum atomic E-state index is -1.75. The van der Waals surface area contributed by atoms with Gasteiger partial charge >= 0.3 is 0 Å². The van der Waals surface area contributed by atoms with E-state index in [4.69, 9.17) is 0 Å². The first-order valence-electron chi connectivity index (χ1n) is 5.67. The molecule has 1 aromatic heterocycles. The second kappa shape index (κ2) is 5.87. The lowest BCUT2D eigenvalue weighted by Gasteiger charge is -2.19. The average Bonchev–Trinajstić information content (AvgIpc) is 2.46. The molecular formula is C13H10F4N2O. The molecule has 1 aromatic carbocycles. The van der Waals surface area contributed by atoms with Crippen LogP contribution >= 0.6 is 0 Å². The Morgan fingerprint density at radius 1 is 1.00 bits per heavy atom. The van der Waals surface area contributed by atoms with Gasteiger partial charge in [-0.1, -0.05) is 30.3 Å². The van der Waals surface area contributed by atoms with E-state index in [9.17, 15) is 22.7 Å². The van der Waals surface area contributed by atoms with Crippen LogP contribution in [-0.4, -0.2) is 16.7 Å². The highest BCUT2D eigenvalue weighted by atomic mass is 19.2. The van der Waals surface area contributed by atoms with Crippen LogP contribution in [0.3, 0.4) is 0 Å². The highest BCUT2D eigenvalue weighted by Gasteiger charge is 2.23. The van der Waals surface area contributed by atoms with Crippen LogP contribution in [0.15, 0.2) is 30.3 Å². The Morgan fingerprint density at radius 2 is 1.55 bits per heavy atom. The second-order valence-electron chi connectivity index (χ2n) is 3.99. The molecule has 20 heavy (non-hydrogen) atoms. The molecule has 0 saturated carbocycles. The maximum atomic E-state index is 13.5. The molecule has 0 fully saturated rings. The van der Waals surface area contributed by atoms with Gasteiger partial charge in [-0.25, -0.2) is 0 Å². The summed E-state index contributed by atoms with van der Waals surface area (Å²) in [7, 11) is 0. The van der Waals surface area contributed by atoms with Gasteiger partial charge in [0.2, 0.25) is 11.6 Å². The molecule has 0 aliphatic carbocycles. The van der Waals surface area contributed by atoms with Crippen LogP contribution < -0.4 is 5.32 Å². The van der Waals surface area contributed by atoms with Gasteiger partial charge in [0, 0.05) is 0 Å². The standard InChI is InChI=1S/C13H10F4N2O/c14-9-11(10(15)13(17)19-12(9)16)18-8(6-20)7-4-2-1-3-5-7/h1-5,8,20H,6H2,(H,18,19). The van der Waals surface area contributed by atoms with Crippen LogP contribution in [0.4, 0.5) is 23.2 Å². The van der Waals surface area contributed by atoms with E-state index in [2.05, 4.69) is 10.3 Å². The van der Waals surface area contributed by atoms with Crippen LogP contribution in [0.2, 0.25) is 0 Å². The van der Waals surface area contributed by atoms with Crippen LogP contribution in [0.1, 0.15) is 11.6 Å². The van der Waals surface area contributed by atoms with E-state index in [0.717, 1.165) is 0 Å². The fourth-order valence-electron chi connectivity index (χ4n) is 1.71. The molecule has 0 amide bonds. The Balaban J connectivity index is 2.38. The van der Waals surface area contributed by atoms with Gasteiger partial charge in [0.25, 0.3) is 11.9 Å². The summed E-state index contributed by atoms with van der Waals surface area (Å²) in [4.78, 5) is 2.45. The third kappa shape index (κ3) is 2.72. The molecule has 0 spiro atoms. The van der Waals surface area contributed by atoms with Crippen molar-refractivity contribution in [1.82, 2.24) is 4.98 Å². The molecular weight excluding hydrogens is 276 g/mol. The molecule has 0 aliphatic heterocycles. The Kier molecular flexibility index (Phi) is 4.19. The van der Waals surface area contributed by atoms with Gasteiger partial charge in [-0.15, -0.1) is 0 Å². The molecule has 0 radical (unpaired) electrons. The van der Waals surface area contributed by atoms with Crippen molar-refractivity contribution in [2.75, 3.05) is 11.9 Å². The number of aromatic nitrogens is 1. The molecule has 2 rings (SSSR count). The zero-order valence-electron chi connectivity index (χ0n) is 10.1. The molecule has 1 atom stereocenters. The molecule has 0 bridgehead atoms. The van der Waals surface area contributed by atoms with Crippen molar-refractivity contribution >= 4 is 5.69 Å². The van der Waals surface area contributed by atoms with E-state index in [1.54, 1.807) is 30.3 Å². The number of nitrogens with zero attached hydrogens (tertiary/aromatic N) is 1. The smallest absolute Gasteiger partial charge is 0.253 e. The summed E-state index contributed by atoms with van der Waals surface area (Å²) in [5.41, 5.74) is -0.496. The Hall–Kier alpha value is -2.15. The van der Waals surface area contributed by atoms with Crippen molar-refractivity contribution in [2.24, 2.45) is 0 Å². The van der Waals surface area contributed by atoms with Gasteiger partial charge in [-0.3, -0.25) is 0 Å². The van der Waals surface area contributed by atoms with E-state index in [1.165, 1.54) is 0 Å². The molecule has 0 aliphatic rings. The van der Waals surface area contributed by atoms with Crippen molar-refractivity contribution in [1.29, 1.82) is 0 Å². The number of rotatable bonds is 4. The summed E-state index contributed by atoms with van der Waals surface area (Å²) >= 11 is 0. The van der Waals surface area contributed by atoms with Crippen molar-refractivity contribution in [3.63, 3.8) is 0 Å². The van der Waals surface area contributed by atoms with E-state index < -0.39 is 41.9 Å². The zero-order valence-corrected chi connectivity index (χ0v) is 10.1. The number of halogens is 4. The number of pyridine rings is 1. The molecule has 2 aromatic rings. The summed E-state index contributed by atoms with van der Waals surface area (Å²) in [6.45, 7) is -0.519. The van der Waals surface area contributed by atoms with E-state index in [1.807, 2.05) is 0 Å². The lowest BCUT2D eigenvalue weighted by molar-refractivity contribution is 0.275. The summed E-state index contributed by atoms with van der Waals surface area (Å²) in [5.74, 6) is -6.79. The number of aliphatic hydroxyl groups excluding tert-OH is 1. The lowest BCUT2D eigenvalue weighted by Crippen LogP contribution is -2.18. The quantitative estimate of drug-likeness (QED) is 0.671. The van der Waals surface area contributed by atoms with Crippen LogP contribution in [-0.2, 0) is 0 Å². The van der Waals surface area contributed by atoms with Crippen LogP contribution in [0.5, 0.6) is 0 Å². The highest BCUT2D eigenvalue weighted by Crippen LogP contribution is 2.26. The molecule has 7 heteroatoms. The Morgan fingerprint density at radius 3 is 2.05 bits per heavy atom. The molecule has 0 saturated heterocycles. The molecule has 1 heterocycles. The van der Waals surface area contributed by atoms with Gasteiger partial charge in [-0.2, -0.15) is 22.5 Å². The molecule has 3 nitrogen and oxygen atoms in total. The number of hydrogen-bond donors (Lipinski definition) is 2. The monoisotopic (exact) mass is 286 g/mol. The third-order valence-corrected chi connectivity index (χ3v) is 2.70. The van der Waals surface area contributed by atoms with Gasteiger partial charge < -0.3 is 10.4 Å². The number of benzene rings is 1. The average molecular weight is 286 g/mol. The summed E-state index contributed by atoms with van der Waals surface area (Å²) in [5, 5.41) is 11.5. The predicted molar refractivity (Wildman–Crippen MR) is 64.0 cm³/mol. The first-order chi connectivity index (χ1) is 9.54. The maximum Gasteiger partial charge on any atom is 0.253 e. The largest absolute Gasteiger partial charge is 0.394 e. The van der Waals surface area contributed by atoms with Gasteiger partial charge in [0.05, 0.1) is 12.6 Å². The number of hydrogen-bond acceptors (Lipinski definition) is 3. The Labute approximate surface area is 111 Å². The minimum absolute atomic E-state index is 0.506. The van der Waals surface area contributed by atoms with E-state index in [0.29, 0.717) is 5.56 Å². The van der Waals surface area contributed by atoms with Crippen molar-refractivity contribution in [3.8, 4) is 0 Å². The summed E-state index contributed by atoms with van der Waals surface area (Å²) < 4.78 is 52.9. The highest BCUT2D eigenvalue weighted by molar-refractivity contribution is 5.47. The SMILES string of the molecule is OCC(Nc1c(F)c(F)nc(F)c1F)c1ccccc1. The Bertz CT molecular complexity index is 581. The first-order valence-corrected chi connectivity index (χ1v) is 5.67. The van der Waals surface area contributed by atoms with Crippen LogP contribution in [0.25, 0.3) is 0 Å². The fourth-order valence-corrected chi connectivity index (χ4v) is 1.71. The zero-order chi connectivity index (χ0) is 14.7. The normalized spacial score (nSPS) is 12.2. The van der Waals surface area contributed by atoms with Crippen molar-refractivity contribution < 1.29 is 22.7 Å². The molecule has 1 unspecified atom stereocenters. The van der Waals surface area contributed by atoms with Crippen molar-refractivity contribution in [3.05, 3.63) is 59.4 Å².